The molecule has 0 radical (unpaired) electrons. The van der Waals surface area contributed by atoms with Crippen LogP contribution in [0.15, 0.2) is 30.3 Å². The highest BCUT2D eigenvalue weighted by atomic mass is 16.4. The first-order valence-electron chi connectivity index (χ1n) is 7.40. The minimum atomic E-state index is -0.808. The van der Waals surface area contributed by atoms with E-state index in [1.165, 1.54) is 0 Å². The van der Waals surface area contributed by atoms with Crippen molar-refractivity contribution in [2.45, 2.75) is 32.6 Å². The molecule has 2 atom stereocenters. The van der Waals surface area contributed by atoms with Crippen LogP contribution < -0.4 is 0 Å². The maximum Gasteiger partial charge on any atom is 0.308 e. The highest BCUT2D eigenvalue weighted by molar-refractivity contribution is 5.88. The third-order valence-electron chi connectivity index (χ3n) is 4.33. The number of hydrogen-bond donors (Lipinski definition) is 1. The van der Waals surface area contributed by atoms with E-state index in [-0.39, 0.29) is 11.8 Å². The lowest BCUT2D eigenvalue weighted by Crippen LogP contribution is -2.51. The lowest BCUT2D eigenvalue weighted by atomic mass is 9.81. The average Bonchev–Trinajstić information content (AvgIpc) is 2.46. The molecule has 1 N–H and O–H groups in total. The number of rotatable bonds is 3. The van der Waals surface area contributed by atoms with Gasteiger partial charge in [0.1, 0.15) is 0 Å². The zero-order valence-corrected chi connectivity index (χ0v) is 12.9. The van der Waals surface area contributed by atoms with Gasteiger partial charge in [-0.3, -0.25) is 9.59 Å². The summed E-state index contributed by atoms with van der Waals surface area (Å²) < 4.78 is 0. The Morgan fingerprint density at radius 1 is 1.19 bits per heavy atom. The minimum absolute atomic E-state index is 0.00602. The molecule has 0 spiro atoms. The highest BCUT2D eigenvalue weighted by Gasteiger charge is 2.38. The predicted octanol–water partition coefficient (Wildman–Crippen LogP) is 2.53. The Hall–Kier alpha value is -1.84. The van der Waals surface area contributed by atoms with Gasteiger partial charge in [-0.15, -0.1) is 0 Å². The van der Waals surface area contributed by atoms with Crippen LogP contribution in [0.2, 0.25) is 0 Å². The Morgan fingerprint density at radius 3 is 2.38 bits per heavy atom. The highest BCUT2D eigenvalue weighted by Crippen LogP contribution is 2.29. The van der Waals surface area contributed by atoms with Gasteiger partial charge in [0.05, 0.1) is 11.3 Å². The topological polar surface area (TPSA) is 57.6 Å². The van der Waals surface area contributed by atoms with Gasteiger partial charge in [0.15, 0.2) is 0 Å². The molecule has 2 rings (SSSR count). The van der Waals surface area contributed by atoms with Gasteiger partial charge in [-0.05, 0) is 31.7 Å². The Labute approximate surface area is 125 Å². The number of aliphatic carboxylic acids is 1. The maximum atomic E-state index is 12.9. The Morgan fingerprint density at radius 2 is 1.81 bits per heavy atom. The number of likely N-dealkylation sites (tertiary alicyclic amines) is 1. The molecule has 1 heterocycles. The van der Waals surface area contributed by atoms with E-state index in [1.54, 1.807) is 4.90 Å². The molecule has 1 aromatic carbocycles. The third-order valence-corrected chi connectivity index (χ3v) is 4.33. The second-order valence-corrected chi connectivity index (χ2v) is 6.58. The maximum absolute atomic E-state index is 12.9. The van der Waals surface area contributed by atoms with Crippen molar-refractivity contribution in [3.8, 4) is 0 Å². The molecule has 1 saturated heterocycles. The number of benzene rings is 1. The first kappa shape index (κ1) is 15.5. The average molecular weight is 289 g/mol. The van der Waals surface area contributed by atoms with E-state index in [1.807, 2.05) is 51.1 Å². The molecule has 114 valence electrons. The van der Waals surface area contributed by atoms with Crippen LogP contribution in [0.5, 0.6) is 0 Å². The van der Waals surface area contributed by atoms with Crippen molar-refractivity contribution in [2.75, 3.05) is 13.1 Å². The van der Waals surface area contributed by atoms with Crippen molar-refractivity contribution in [3.63, 3.8) is 0 Å². The number of carboxylic acids is 1. The van der Waals surface area contributed by atoms with E-state index in [0.717, 1.165) is 5.56 Å². The third kappa shape index (κ3) is 3.26. The van der Waals surface area contributed by atoms with Crippen molar-refractivity contribution in [1.29, 1.82) is 0 Å². The summed E-state index contributed by atoms with van der Waals surface area (Å²) in [6.07, 6.45) is 0.644. The molecule has 1 aliphatic rings. The van der Waals surface area contributed by atoms with Crippen LogP contribution in [-0.4, -0.2) is 35.0 Å². The summed E-state index contributed by atoms with van der Waals surface area (Å²) in [5, 5.41) is 9.24. The summed E-state index contributed by atoms with van der Waals surface area (Å²) in [6.45, 7) is 6.76. The van der Waals surface area contributed by atoms with Crippen molar-refractivity contribution < 1.29 is 14.7 Å². The minimum Gasteiger partial charge on any atom is -0.481 e. The summed E-state index contributed by atoms with van der Waals surface area (Å²) in [5.41, 5.74) is 0.321. The number of carbonyl (C=O) groups excluding carboxylic acids is 1. The molecule has 1 aliphatic heterocycles. The SMILES string of the molecule is CC1CC(C(=O)O)CN(C(=O)C(C)(C)c2ccccc2)C1. The second kappa shape index (κ2) is 5.88. The molecule has 0 aliphatic carbocycles. The fraction of sp³-hybridized carbons (Fsp3) is 0.529. The van der Waals surface area contributed by atoms with Crippen LogP contribution in [0, 0.1) is 11.8 Å². The summed E-state index contributed by atoms with van der Waals surface area (Å²) in [7, 11) is 0. The predicted molar refractivity (Wildman–Crippen MR) is 81.0 cm³/mol. The molecular weight excluding hydrogens is 266 g/mol. The summed E-state index contributed by atoms with van der Waals surface area (Å²) in [5.74, 6) is -1.04. The molecule has 0 bridgehead atoms. The summed E-state index contributed by atoms with van der Waals surface area (Å²) in [6, 6.07) is 9.65. The summed E-state index contributed by atoms with van der Waals surface area (Å²) in [4.78, 5) is 25.8. The van der Waals surface area contributed by atoms with Crippen LogP contribution in [0.4, 0.5) is 0 Å². The molecule has 4 nitrogen and oxygen atoms in total. The van der Waals surface area contributed by atoms with Gasteiger partial charge in [0.25, 0.3) is 0 Å². The van der Waals surface area contributed by atoms with Gasteiger partial charge in [-0.1, -0.05) is 37.3 Å². The molecule has 1 aromatic rings. The van der Waals surface area contributed by atoms with E-state index in [0.29, 0.717) is 19.5 Å². The zero-order chi connectivity index (χ0) is 15.6. The van der Waals surface area contributed by atoms with E-state index >= 15 is 0 Å². The van der Waals surface area contributed by atoms with Gasteiger partial charge in [-0.2, -0.15) is 0 Å². The monoisotopic (exact) mass is 289 g/mol. The number of nitrogens with zero attached hydrogens (tertiary/aromatic N) is 1. The Kier molecular flexibility index (Phi) is 4.35. The van der Waals surface area contributed by atoms with E-state index in [2.05, 4.69) is 0 Å². The molecular formula is C17H23NO3. The van der Waals surface area contributed by atoms with Gasteiger partial charge in [0.2, 0.25) is 5.91 Å². The largest absolute Gasteiger partial charge is 0.481 e. The van der Waals surface area contributed by atoms with Gasteiger partial charge in [0, 0.05) is 13.1 Å². The van der Waals surface area contributed by atoms with Crippen molar-refractivity contribution >= 4 is 11.9 Å². The van der Waals surface area contributed by atoms with Crippen LogP contribution >= 0.6 is 0 Å². The molecule has 0 saturated carbocycles. The first-order chi connectivity index (χ1) is 9.82. The Bertz CT molecular complexity index is 524. The first-order valence-corrected chi connectivity index (χ1v) is 7.40. The standard InChI is InChI=1S/C17H23NO3/c1-12-9-13(15(19)20)11-18(10-12)16(21)17(2,3)14-7-5-4-6-8-14/h4-8,12-13H,9-11H2,1-3H3,(H,19,20). The molecule has 1 amide bonds. The zero-order valence-electron chi connectivity index (χ0n) is 12.9. The van der Waals surface area contributed by atoms with Gasteiger partial charge in [-0.25, -0.2) is 0 Å². The molecule has 4 heteroatoms. The lowest BCUT2D eigenvalue weighted by Gasteiger charge is -2.39. The molecule has 0 aromatic heterocycles. The second-order valence-electron chi connectivity index (χ2n) is 6.58. The number of piperidine rings is 1. The quantitative estimate of drug-likeness (QED) is 0.930. The normalized spacial score (nSPS) is 22.9. The van der Waals surface area contributed by atoms with E-state index in [4.69, 9.17) is 0 Å². The fourth-order valence-corrected chi connectivity index (χ4v) is 3.07. The number of carboxylic acid groups (broad SMARTS) is 1. The van der Waals surface area contributed by atoms with Crippen LogP contribution in [0.1, 0.15) is 32.8 Å². The van der Waals surface area contributed by atoms with Gasteiger partial charge < -0.3 is 10.0 Å². The number of carbonyl (C=O) groups is 2. The van der Waals surface area contributed by atoms with Crippen molar-refractivity contribution in [2.24, 2.45) is 11.8 Å². The smallest absolute Gasteiger partial charge is 0.308 e. The molecule has 21 heavy (non-hydrogen) atoms. The van der Waals surface area contributed by atoms with Crippen LogP contribution in [0.3, 0.4) is 0 Å². The lowest BCUT2D eigenvalue weighted by molar-refractivity contribution is -0.148. The van der Waals surface area contributed by atoms with Crippen LogP contribution in [-0.2, 0) is 15.0 Å². The van der Waals surface area contributed by atoms with E-state index < -0.39 is 17.3 Å². The molecule has 2 unspecified atom stereocenters. The van der Waals surface area contributed by atoms with Gasteiger partial charge >= 0.3 is 5.97 Å². The molecule has 1 fully saturated rings. The fourth-order valence-electron chi connectivity index (χ4n) is 3.07. The van der Waals surface area contributed by atoms with Crippen LogP contribution in [0.25, 0.3) is 0 Å². The van der Waals surface area contributed by atoms with Crippen molar-refractivity contribution in [1.82, 2.24) is 4.90 Å². The number of amides is 1. The van der Waals surface area contributed by atoms with E-state index in [9.17, 15) is 14.7 Å². The summed E-state index contributed by atoms with van der Waals surface area (Å²) >= 11 is 0. The van der Waals surface area contributed by atoms with Crippen molar-refractivity contribution in [3.05, 3.63) is 35.9 Å². The Balaban J connectivity index is 2.20. The number of hydrogen-bond acceptors (Lipinski definition) is 2.